The third kappa shape index (κ3) is 3.30. The number of amides is 1. The van der Waals surface area contributed by atoms with Crippen molar-refractivity contribution in [3.05, 3.63) is 52.0 Å². The highest BCUT2D eigenvalue weighted by Gasteiger charge is 2.34. The molecule has 1 aromatic carbocycles. The zero-order valence-corrected chi connectivity index (χ0v) is 14.9. The molecule has 0 bridgehead atoms. The lowest BCUT2D eigenvalue weighted by Gasteiger charge is -2.32. The van der Waals surface area contributed by atoms with Crippen LogP contribution < -0.4 is 5.69 Å². The van der Waals surface area contributed by atoms with E-state index < -0.39 is 0 Å². The molecule has 6 nitrogen and oxygen atoms in total. The van der Waals surface area contributed by atoms with E-state index in [4.69, 9.17) is 0 Å². The number of aryl methyl sites for hydroxylation is 1. The molecule has 0 radical (unpaired) electrons. The first-order valence-electron chi connectivity index (χ1n) is 9.20. The van der Waals surface area contributed by atoms with Gasteiger partial charge in [-0.2, -0.15) is 5.10 Å². The summed E-state index contributed by atoms with van der Waals surface area (Å²) < 4.78 is 16.6. The molecule has 0 spiro atoms. The van der Waals surface area contributed by atoms with E-state index in [0.717, 1.165) is 31.5 Å². The Kier molecular flexibility index (Phi) is 4.38. The minimum Gasteiger partial charge on any atom is -0.342 e. The van der Waals surface area contributed by atoms with Gasteiger partial charge in [0.15, 0.2) is 0 Å². The molecular weight excluding hydrogens is 335 g/mol. The number of benzene rings is 1. The van der Waals surface area contributed by atoms with Crippen molar-refractivity contribution in [1.29, 1.82) is 0 Å². The Labute approximate surface area is 151 Å². The minimum atomic E-state index is -0.322. The van der Waals surface area contributed by atoms with Crippen LogP contribution in [-0.4, -0.2) is 38.2 Å². The molecule has 2 heterocycles. The molecule has 2 aromatic rings. The highest BCUT2D eigenvalue weighted by atomic mass is 19.1. The summed E-state index contributed by atoms with van der Waals surface area (Å²) in [4.78, 5) is 26.8. The smallest absolute Gasteiger partial charge is 0.342 e. The second-order valence-electron chi connectivity index (χ2n) is 7.33. The number of piperidine rings is 1. The fourth-order valence-electron chi connectivity index (χ4n) is 3.77. The fraction of sp³-hybridized carbons (Fsp3) is 0.526. The van der Waals surface area contributed by atoms with Gasteiger partial charge in [-0.1, -0.05) is 12.1 Å². The van der Waals surface area contributed by atoms with Gasteiger partial charge >= 0.3 is 5.69 Å². The summed E-state index contributed by atoms with van der Waals surface area (Å²) >= 11 is 0. The Morgan fingerprint density at radius 2 is 1.96 bits per heavy atom. The van der Waals surface area contributed by atoms with E-state index in [-0.39, 0.29) is 29.9 Å². The average molecular weight is 358 g/mol. The lowest BCUT2D eigenvalue weighted by atomic mass is 10.0. The monoisotopic (exact) mass is 358 g/mol. The molecule has 2 aliphatic rings. The maximum absolute atomic E-state index is 13.3. The molecule has 4 rings (SSSR count). The van der Waals surface area contributed by atoms with Crippen molar-refractivity contribution in [2.24, 2.45) is 7.05 Å². The Hall–Kier alpha value is -2.44. The number of rotatable bonds is 4. The molecule has 0 unspecified atom stereocenters. The van der Waals surface area contributed by atoms with E-state index in [1.807, 2.05) is 9.47 Å². The van der Waals surface area contributed by atoms with Gasteiger partial charge in [0.2, 0.25) is 5.91 Å². The second kappa shape index (κ2) is 6.70. The van der Waals surface area contributed by atoms with E-state index in [1.165, 1.54) is 16.8 Å². The molecule has 138 valence electrons. The number of likely N-dealkylation sites (tertiary alicyclic amines) is 1. The lowest BCUT2D eigenvalue weighted by Crippen LogP contribution is -2.41. The van der Waals surface area contributed by atoms with Gasteiger partial charge in [0.25, 0.3) is 0 Å². The summed E-state index contributed by atoms with van der Waals surface area (Å²) in [5, 5.41) is 4.42. The largest absolute Gasteiger partial charge is 0.345 e. The number of aromatic nitrogens is 3. The van der Waals surface area contributed by atoms with Crippen molar-refractivity contribution in [2.75, 3.05) is 13.1 Å². The van der Waals surface area contributed by atoms with Gasteiger partial charge in [0.05, 0.1) is 6.42 Å². The highest BCUT2D eigenvalue weighted by Crippen LogP contribution is 2.40. The topological polar surface area (TPSA) is 60.1 Å². The van der Waals surface area contributed by atoms with E-state index >= 15 is 0 Å². The molecule has 2 fully saturated rings. The second-order valence-corrected chi connectivity index (χ2v) is 7.33. The van der Waals surface area contributed by atoms with Crippen LogP contribution in [0.1, 0.15) is 49.0 Å². The predicted octanol–water partition coefficient (Wildman–Crippen LogP) is 2.00. The van der Waals surface area contributed by atoms with Gasteiger partial charge in [0.1, 0.15) is 11.6 Å². The molecule has 0 N–H and O–H groups in total. The van der Waals surface area contributed by atoms with Gasteiger partial charge < -0.3 is 4.90 Å². The van der Waals surface area contributed by atoms with Crippen molar-refractivity contribution < 1.29 is 9.18 Å². The van der Waals surface area contributed by atoms with E-state index in [0.29, 0.717) is 24.6 Å². The Morgan fingerprint density at radius 1 is 1.23 bits per heavy atom. The third-order valence-electron chi connectivity index (χ3n) is 5.35. The standard InChI is InChI=1S/C19H23FN4O2/c1-22-19(26)24(18(21-22)14-5-6-14)16-7-9-23(10-8-16)17(25)12-13-3-2-4-15(20)11-13/h2-4,11,14,16H,5-10,12H2,1H3. The van der Waals surface area contributed by atoms with Crippen molar-refractivity contribution in [1.82, 2.24) is 19.2 Å². The quantitative estimate of drug-likeness (QED) is 0.840. The Morgan fingerprint density at radius 3 is 2.62 bits per heavy atom. The van der Waals surface area contributed by atoms with E-state index in [1.54, 1.807) is 19.2 Å². The normalized spacial score (nSPS) is 18.3. The van der Waals surface area contributed by atoms with Crippen LogP contribution >= 0.6 is 0 Å². The Balaban J connectivity index is 1.41. The first-order chi connectivity index (χ1) is 12.5. The maximum atomic E-state index is 13.3. The summed E-state index contributed by atoms with van der Waals surface area (Å²) in [6.07, 6.45) is 3.91. The SMILES string of the molecule is Cn1nc(C2CC2)n(C2CCN(C(=O)Cc3cccc(F)c3)CC2)c1=O. The van der Waals surface area contributed by atoms with Gasteiger partial charge in [-0.3, -0.25) is 9.36 Å². The van der Waals surface area contributed by atoms with Crippen LogP contribution in [0.25, 0.3) is 0 Å². The van der Waals surface area contributed by atoms with Crippen LogP contribution in [-0.2, 0) is 18.3 Å². The van der Waals surface area contributed by atoms with Crippen LogP contribution in [0.5, 0.6) is 0 Å². The summed E-state index contributed by atoms with van der Waals surface area (Å²) in [7, 11) is 1.70. The van der Waals surface area contributed by atoms with Gasteiger partial charge in [-0.15, -0.1) is 0 Å². The predicted molar refractivity (Wildman–Crippen MR) is 94.4 cm³/mol. The summed E-state index contributed by atoms with van der Waals surface area (Å²) in [6, 6.07) is 6.28. The van der Waals surface area contributed by atoms with Gasteiger partial charge in [-0.05, 0) is 43.4 Å². The first-order valence-corrected chi connectivity index (χ1v) is 9.20. The molecule has 26 heavy (non-hydrogen) atoms. The summed E-state index contributed by atoms with van der Waals surface area (Å²) in [5.74, 6) is 1.01. The van der Waals surface area contributed by atoms with Crippen LogP contribution in [0.2, 0.25) is 0 Å². The minimum absolute atomic E-state index is 0.00926. The number of carbonyl (C=O) groups is 1. The third-order valence-corrected chi connectivity index (χ3v) is 5.35. The molecule has 0 atom stereocenters. The van der Waals surface area contributed by atoms with Gasteiger partial charge in [-0.25, -0.2) is 13.9 Å². The van der Waals surface area contributed by atoms with Crippen LogP contribution in [0, 0.1) is 5.82 Å². The number of hydrogen-bond donors (Lipinski definition) is 0. The van der Waals surface area contributed by atoms with Crippen LogP contribution in [0.4, 0.5) is 4.39 Å². The number of halogens is 1. The number of nitrogens with zero attached hydrogens (tertiary/aromatic N) is 4. The summed E-state index contributed by atoms with van der Waals surface area (Å²) in [6.45, 7) is 1.23. The molecule has 1 aliphatic heterocycles. The zero-order valence-electron chi connectivity index (χ0n) is 14.9. The first kappa shape index (κ1) is 17.0. The van der Waals surface area contributed by atoms with Crippen molar-refractivity contribution >= 4 is 5.91 Å². The van der Waals surface area contributed by atoms with E-state index in [2.05, 4.69) is 5.10 Å². The lowest BCUT2D eigenvalue weighted by molar-refractivity contribution is -0.131. The Bertz CT molecular complexity index is 876. The summed E-state index contributed by atoms with van der Waals surface area (Å²) in [5.41, 5.74) is 0.632. The average Bonchev–Trinajstić information content (AvgIpc) is 3.42. The van der Waals surface area contributed by atoms with Crippen LogP contribution in [0.3, 0.4) is 0 Å². The molecule has 1 aromatic heterocycles. The molecule has 7 heteroatoms. The number of carbonyl (C=O) groups excluding carboxylic acids is 1. The number of hydrogen-bond acceptors (Lipinski definition) is 3. The molecule has 1 aliphatic carbocycles. The van der Waals surface area contributed by atoms with Crippen molar-refractivity contribution in [3.63, 3.8) is 0 Å². The molecule has 1 saturated carbocycles. The van der Waals surface area contributed by atoms with Crippen molar-refractivity contribution in [2.45, 2.75) is 44.1 Å². The van der Waals surface area contributed by atoms with Crippen LogP contribution in [0.15, 0.2) is 29.1 Å². The molecule has 1 saturated heterocycles. The maximum Gasteiger partial charge on any atom is 0.345 e. The molecule has 1 amide bonds. The van der Waals surface area contributed by atoms with Gasteiger partial charge in [0, 0.05) is 32.1 Å². The fourth-order valence-corrected chi connectivity index (χ4v) is 3.77. The van der Waals surface area contributed by atoms with Crippen molar-refractivity contribution in [3.8, 4) is 0 Å². The molecular formula is C19H23FN4O2. The highest BCUT2D eigenvalue weighted by molar-refractivity contribution is 5.78. The van der Waals surface area contributed by atoms with E-state index in [9.17, 15) is 14.0 Å². The zero-order chi connectivity index (χ0) is 18.3.